The third-order valence-electron chi connectivity index (χ3n) is 4.04. The predicted octanol–water partition coefficient (Wildman–Crippen LogP) is 4.06. The number of rotatable bonds is 4. The van der Waals surface area contributed by atoms with Gasteiger partial charge in [0.05, 0.1) is 12.2 Å². The van der Waals surface area contributed by atoms with Crippen molar-refractivity contribution < 1.29 is 13.9 Å². The van der Waals surface area contributed by atoms with E-state index < -0.39 is 5.63 Å². The predicted molar refractivity (Wildman–Crippen MR) is 97.5 cm³/mol. The standard InChI is InChI=1S/C20H19NO4/c1-4-24-15-7-8-16-17(11-19(22)25-18(16)10-15)20(23)21-14-6-5-12(2)13(3)9-14/h5-11H,4H2,1-3H3,(H,21,23). The van der Waals surface area contributed by atoms with Gasteiger partial charge in [0.15, 0.2) is 0 Å². The van der Waals surface area contributed by atoms with Crippen LogP contribution in [-0.4, -0.2) is 12.5 Å². The molecule has 1 amide bonds. The van der Waals surface area contributed by atoms with Gasteiger partial charge in [-0.2, -0.15) is 0 Å². The third kappa shape index (κ3) is 3.55. The monoisotopic (exact) mass is 337 g/mol. The molecule has 3 aromatic rings. The topological polar surface area (TPSA) is 68.5 Å². The zero-order valence-corrected chi connectivity index (χ0v) is 14.4. The van der Waals surface area contributed by atoms with Gasteiger partial charge in [-0.3, -0.25) is 4.79 Å². The van der Waals surface area contributed by atoms with E-state index in [2.05, 4.69) is 5.32 Å². The minimum Gasteiger partial charge on any atom is -0.494 e. The fraction of sp³-hybridized carbons (Fsp3) is 0.200. The summed E-state index contributed by atoms with van der Waals surface area (Å²) in [5.41, 5.74) is 2.92. The van der Waals surface area contributed by atoms with Crippen LogP contribution >= 0.6 is 0 Å². The normalized spacial score (nSPS) is 10.7. The van der Waals surface area contributed by atoms with E-state index in [1.54, 1.807) is 18.2 Å². The molecule has 25 heavy (non-hydrogen) atoms. The number of ether oxygens (including phenoxy) is 1. The van der Waals surface area contributed by atoms with Crippen LogP contribution in [0.4, 0.5) is 5.69 Å². The Morgan fingerprint density at radius 3 is 2.60 bits per heavy atom. The van der Waals surface area contributed by atoms with Gasteiger partial charge in [0.2, 0.25) is 0 Å². The van der Waals surface area contributed by atoms with Crippen molar-refractivity contribution in [1.82, 2.24) is 0 Å². The second-order valence-corrected chi connectivity index (χ2v) is 5.82. The molecule has 0 aliphatic heterocycles. The zero-order valence-electron chi connectivity index (χ0n) is 14.4. The largest absolute Gasteiger partial charge is 0.494 e. The van der Waals surface area contributed by atoms with Crippen molar-refractivity contribution >= 4 is 22.6 Å². The molecule has 0 saturated carbocycles. The van der Waals surface area contributed by atoms with Crippen molar-refractivity contribution in [3.63, 3.8) is 0 Å². The van der Waals surface area contributed by atoms with E-state index in [9.17, 15) is 9.59 Å². The van der Waals surface area contributed by atoms with Gasteiger partial charge in [-0.25, -0.2) is 4.79 Å². The zero-order chi connectivity index (χ0) is 18.0. The Bertz CT molecular complexity index is 1000. The second kappa shape index (κ2) is 6.81. The molecule has 0 fully saturated rings. The number of benzene rings is 2. The first-order valence-electron chi connectivity index (χ1n) is 8.07. The number of fused-ring (bicyclic) bond motifs is 1. The first-order chi connectivity index (χ1) is 12.0. The summed E-state index contributed by atoms with van der Waals surface area (Å²) < 4.78 is 10.6. The van der Waals surface area contributed by atoms with Crippen molar-refractivity contribution in [3.05, 3.63) is 69.6 Å². The number of amides is 1. The molecule has 1 N–H and O–H groups in total. The van der Waals surface area contributed by atoms with Crippen LogP contribution in [-0.2, 0) is 0 Å². The smallest absolute Gasteiger partial charge is 0.337 e. The Balaban J connectivity index is 2.00. The Morgan fingerprint density at radius 2 is 1.88 bits per heavy atom. The molecule has 0 aliphatic rings. The van der Waals surface area contributed by atoms with E-state index >= 15 is 0 Å². The van der Waals surface area contributed by atoms with Gasteiger partial charge in [0, 0.05) is 23.2 Å². The molecule has 0 unspecified atom stereocenters. The summed E-state index contributed by atoms with van der Waals surface area (Å²) in [5.74, 6) is 0.232. The average Bonchev–Trinajstić information content (AvgIpc) is 2.57. The molecule has 5 heteroatoms. The van der Waals surface area contributed by atoms with Crippen LogP contribution in [0.5, 0.6) is 5.75 Å². The molecule has 3 rings (SSSR count). The summed E-state index contributed by atoms with van der Waals surface area (Å²) in [6.45, 7) is 6.36. The minimum atomic E-state index is -0.577. The van der Waals surface area contributed by atoms with Gasteiger partial charge in [-0.15, -0.1) is 0 Å². The lowest BCUT2D eigenvalue weighted by molar-refractivity contribution is 0.102. The Labute approximate surface area is 145 Å². The van der Waals surface area contributed by atoms with Crippen LogP contribution in [0.3, 0.4) is 0 Å². The minimum absolute atomic E-state index is 0.271. The summed E-state index contributed by atoms with van der Waals surface area (Å²) >= 11 is 0. The van der Waals surface area contributed by atoms with Crippen LogP contribution < -0.4 is 15.7 Å². The Hall–Kier alpha value is -3.08. The number of nitrogens with one attached hydrogen (secondary N) is 1. The number of hydrogen-bond acceptors (Lipinski definition) is 4. The summed E-state index contributed by atoms with van der Waals surface area (Å²) in [6, 6.07) is 12.0. The van der Waals surface area contributed by atoms with Crippen molar-refractivity contribution in [3.8, 4) is 5.75 Å². The second-order valence-electron chi connectivity index (χ2n) is 5.82. The lowest BCUT2D eigenvalue weighted by Crippen LogP contribution is -2.15. The Kier molecular flexibility index (Phi) is 4.57. The maximum Gasteiger partial charge on any atom is 0.337 e. The molecule has 128 valence electrons. The molecule has 0 spiro atoms. The van der Waals surface area contributed by atoms with Crippen LogP contribution in [0.1, 0.15) is 28.4 Å². The summed E-state index contributed by atoms with van der Waals surface area (Å²) in [5, 5.41) is 3.39. The van der Waals surface area contributed by atoms with E-state index in [0.717, 1.165) is 11.1 Å². The molecule has 1 aromatic heterocycles. The van der Waals surface area contributed by atoms with E-state index in [-0.39, 0.29) is 11.5 Å². The summed E-state index contributed by atoms with van der Waals surface area (Å²) in [7, 11) is 0. The van der Waals surface area contributed by atoms with Gasteiger partial charge in [-0.05, 0) is 56.2 Å². The van der Waals surface area contributed by atoms with Crippen LogP contribution in [0.2, 0.25) is 0 Å². The highest BCUT2D eigenvalue weighted by Crippen LogP contribution is 2.24. The molecule has 5 nitrogen and oxygen atoms in total. The molecular weight excluding hydrogens is 318 g/mol. The molecule has 0 aliphatic carbocycles. The van der Waals surface area contributed by atoms with Gasteiger partial charge in [0.25, 0.3) is 5.91 Å². The highest BCUT2D eigenvalue weighted by molar-refractivity contribution is 6.12. The van der Waals surface area contributed by atoms with E-state index in [1.165, 1.54) is 6.07 Å². The fourth-order valence-electron chi connectivity index (χ4n) is 2.60. The van der Waals surface area contributed by atoms with Crippen molar-refractivity contribution in [2.24, 2.45) is 0 Å². The van der Waals surface area contributed by atoms with Crippen molar-refractivity contribution in [2.45, 2.75) is 20.8 Å². The average molecular weight is 337 g/mol. The van der Waals surface area contributed by atoms with Crippen LogP contribution in [0, 0.1) is 13.8 Å². The van der Waals surface area contributed by atoms with Gasteiger partial charge in [-0.1, -0.05) is 6.07 Å². The van der Waals surface area contributed by atoms with Crippen molar-refractivity contribution in [2.75, 3.05) is 11.9 Å². The SMILES string of the molecule is CCOc1ccc2c(C(=O)Nc3ccc(C)c(C)c3)cc(=O)oc2c1. The molecule has 0 radical (unpaired) electrons. The lowest BCUT2D eigenvalue weighted by Gasteiger charge is -2.10. The van der Waals surface area contributed by atoms with E-state index in [0.29, 0.717) is 29.0 Å². The molecular formula is C20H19NO4. The van der Waals surface area contributed by atoms with Gasteiger partial charge in [0.1, 0.15) is 11.3 Å². The van der Waals surface area contributed by atoms with Gasteiger partial charge >= 0.3 is 5.63 Å². The lowest BCUT2D eigenvalue weighted by atomic mass is 10.1. The Morgan fingerprint density at radius 1 is 1.08 bits per heavy atom. The van der Waals surface area contributed by atoms with E-state index in [1.807, 2.05) is 39.0 Å². The van der Waals surface area contributed by atoms with Crippen molar-refractivity contribution in [1.29, 1.82) is 0 Å². The number of carbonyl (C=O) groups excluding carboxylic acids is 1. The maximum absolute atomic E-state index is 12.7. The number of carbonyl (C=O) groups is 1. The summed E-state index contributed by atoms with van der Waals surface area (Å²) in [6.07, 6.45) is 0. The first kappa shape index (κ1) is 16.8. The molecule has 2 aromatic carbocycles. The number of aryl methyl sites for hydroxylation is 2. The molecule has 0 saturated heterocycles. The quantitative estimate of drug-likeness (QED) is 0.729. The highest BCUT2D eigenvalue weighted by Gasteiger charge is 2.14. The van der Waals surface area contributed by atoms with Crippen LogP contribution in [0.15, 0.2) is 51.7 Å². The number of anilines is 1. The highest BCUT2D eigenvalue weighted by atomic mass is 16.5. The molecule has 0 bridgehead atoms. The molecule has 0 atom stereocenters. The van der Waals surface area contributed by atoms with E-state index in [4.69, 9.17) is 9.15 Å². The summed E-state index contributed by atoms with van der Waals surface area (Å²) in [4.78, 5) is 24.5. The first-order valence-corrected chi connectivity index (χ1v) is 8.07. The maximum atomic E-state index is 12.7. The molecule has 1 heterocycles. The third-order valence-corrected chi connectivity index (χ3v) is 4.04. The number of hydrogen-bond donors (Lipinski definition) is 1. The van der Waals surface area contributed by atoms with Crippen LogP contribution in [0.25, 0.3) is 11.0 Å². The fourth-order valence-corrected chi connectivity index (χ4v) is 2.60. The van der Waals surface area contributed by atoms with Gasteiger partial charge < -0.3 is 14.5 Å².